The number of ether oxygens (including phenoxy) is 2. The van der Waals surface area contributed by atoms with Gasteiger partial charge in [0.25, 0.3) is 5.91 Å². The van der Waals surface area contributed by atoms with Crippen LogP contribution in [-0.4, -0.2) is 53.8 Å². The van der Waals surface area contributed by atoms with Crippen LogP contribution in [0, 0.1) is 0 Å². The van der Waals surface area contributed by atoms with Gasteiger partial charge in [0.2, 0.25) is 6.04 Å². The summed E-state index contributed by atoms with van der Waals surface area (Å²) >= 11 is 0. The molecule has 23 heavy (non-hydrogen) atoms. The predicted octanol–water partition coefficient (Wildman–Crippen LogP) is -0.720. The fraction of sp³-hybridized carbons (Fsp3) is 0.571. The van der Waals surface area contributed by atoms with Gasteiger partial charge in [0.05, 0.1) is 13.2 Å². The number of carbonyl (C=O) groups is 3. The predicted molar refractivity (Wildman–Crippen MR) is 78.5 cm³/mol. The highest BCUT2D eigenvalue weighted by Gasteiger charge is 2.33. The van der Waals surface area contributed by atoms with E-state index < -0.39 is 23.9 Å². The molecule has 1 amide bonds. The van der Waals surface area contributed by atoms with Gasteiger partial charge in [-0.05, 0) is 13.8 Å². The molecule has 0 radical (unpaired) electrons. The molecule has 0 fully saturated rings. The van der Waals surface area contributed by atoms with Crippen LogP contribution in [0.5, 0.6) is 0 Å². The van der Waals surface area contributed by atoms with E-state index in [-0.39, 0.29) is 18.9 Å². The molecule has 0 bridgehead atoms. The zero-order chi connectivity index (χ0) is 16.8. The maximum absolute atomic E-state index is 12.4. The zero-order valence-corrected chi connectivity index (χ0v) is 13.1. The lowest BCUT2D eigenvalue weighted by molar-refractivity contribution is -0.157. The van der Waals surface area contributed by atoms with Gasteiger partial charge in [-0.25, -0.2) is 9.59 Å². The molecule has 1 aliphatic heterocycles. The van der Waals surface area contributed by atoms with Crippen LogP contribution in [0.4, 0.5) is 0 Å². The second-order valence-corrected chi connectivity index (χ2v) is 4.87. The van der Waals surface area contributed by atoms with Crippen LogP contribution in [0.25, 0.3) is 0 Å². The standard InChI is InChI=1S/C14H20N4O5/c1-3-22-13(20)11(14(21)23-4-2)16-12(19)10-8-7-15-6-5-9(8)17-18-10/h11,15H,3-7H2,1-2H3,(H,16,19)(H,17,18). The number of nitrogens with zero attached hydrogens (tertiary/aromatic N) is 1. The van der Waals surface area contributed by atoms with Gasteiger partial charge in [-0.2, -0.15) is 5.10 Å². The van der Waals surface area contributed by atoms with E-state index in [9.17, 15) is 14.4 Å². The molecule has 0 saturated heterocycles. The lowest BCUT2D eigenvalue weighted by atomic mass is 10.1. The Morgan fingerprint density at radius 1 is 1.22 bits per heavy atom. The minimum Gasteiger partial charge on any atom is -0.464 e. The molecule has 2 rings (SSSR count). The summed E-state index contributed by atoms with van der Waals surface area (Å²) < 4.78 is 9.61. The molecule has 9 nitrogen and oxygen atoms in total. The zero-order valence-electron chi connectivity index (χ0n) is 13.1. The van der Waals surface area contributed by atoms with Crippen LogP contribution in [0.2, 0.25) is 0 Å². The number of rotatable bonds is 6. The molecule has 0 spiro atoms. The van der Waals surface area contributed by atoms with Crippen molar-refractivity contribution in [1.82, 2.24) is 20.8 Å². The number of aromatic nitrogens is 2. The number of aromatic amines is 1. The van der Waals surface area contributed by atoms with Crippen molar-refractivity contribution >= 4 is 17.8 Å². The van der Waals surface area contributed by atoms with Crippen molar-refractivity contribution in [2.75, 3.05) is 19.8 Å². The third-order valence-electron chi connectivity index (χ3n) is 3.34. The fourth-order valence-electron chi connectivity index (χ4n) is 2.28. The molecule has 1 aromatic heterocycles. The molecular formula is C14H20N4O5. The summed E-state index contributed by atoms with van der Waals surface area (Å²) in [5.41, 5.74) is 1.77. The summed E-state index contributed by atoms with van der Waals surface area (Å²) in [6, 6.07) is -1.51. The molecule has 1 aliphatic rings. The molecule has 2 heterocycles. The van der Waals surface area contributed by atoms with Crippen molar-refractivity contribution < 1.29 is 23.9 Å². The number of hydrogen-bond acceptors (Lipinski definition) is 7. The molecular weight excluding hydrogens is 304 g/mol. The minimum atomic E-state index is -1.51. The first-order valence-corrected chi connectivity index (χ1v) is 7.49. The van der Waals surface area contributed by atoms with Crippen molar-refractivity contribution in [3.8, 4) is 0 Å². The normalized spacial score (nSPS) is 13.3. The van der Waals surface area contributed by atoms with Gasteiger partial charge in [0, 0.05) is 30.8 Å². The lowest BCUT2D eigenvalue weighted by Crippen LogP contribution is -2.48. The number of hydrogen-bond donors (Lipinski definition) is 3. The number of carbonyl (C=O) groups excluding carboxylic acids is 3. The van der Waals surface area contributed by atoms with Crippen molar-refractivity contribution in [2.45, 2.75) is 32.9 Å². The maximum atomic E-state index is 12.4. The summed E-state index contributed by atoms with van der Waals surface area (Å²) in [4.78, 5) is 36.1. The smallest absolute Gasteiger partial charge is 0.340 e. The Hall–Kier alpha value is -2.42. The van der Waals surface area contributed by atoms with E-state index in [1.807, 2.05) is 0 Å². The quantitative estimate of drug-likeness (QED) is 0.466. The first kappa shape index (κ1) is 16.9. The monoisotopic (exact) mass is 324 g/mol. The van der Waals surface area contributed by atoms with E-state index in [1.165, 1.54) is 0 Å². The Bertz CT molecular complexity index is 580. The Balaban J connectivity index is 2.15. The third kappa shape index (κ3) is 3.86. The summed E-state index contributed by atoms with van der Waals surface area (Å²) in [6.07, 6.45) is 0.731. The van der Waals surface area contributed by atoms with Crippen molar-refractivity contribution in [3.05, 3.63) is 17.0 Å². The number of esters is 2. The van der Waals surface area contributed by atoms with Gasteiger partial charge in [-0.1, -0.05) is 0 Å². The number of amides is 1. The number of fused-ring (bicyclic) bond motifs is 1. The maximum Gasteiger partial charge on any atom is 0.340 e. The van der Waals surface area contributed by atoms with Crippen LogP contribution < -0.4 is 10.6 Å². The molecule has 0 atom stereocenters. The molecule has 0 aliphatic carbocycles. The topological polar surface area (TPSA) is 122 Å². The summed E-state index contributed by atoms with van der Waals surface area (Å²) in [5, 5.41) is 12.3. The molecule has 126 valence electrons. The molecule has 9 heteroatoms. The molecule has 0 unspecified atom stereocenters. The van der Waals surface area contributed by atoms with Gasteiger partial charge >= 0.3 is 11.9 Å². The third-order valence-corrected chi connectivity index (χ3v) is 3.34. The van der Waals surface area contributed by atoms with Gasteiger partial charge in [0.1, 0.15) is 0 Å². The average Bonchev–Trinajstić information content (AvgIpc) is 2.96. The summed E-state index contributed by atoms with van der Waals surface area (Å²) in [6.45, 7) is 4.69. The second-order valence-electron chi connectivity index (χ2n) is 4.87. The second kappa shape index (κ2) is 7.73. The average molecular weight is 324 g/mol. The molecule has 3 N–H and O–H groups in total. The van der Waals surface area contributed by atoms with E-state index >= 15 is 0 Å². The SMILES string of the molecule is CCOC(=O)C(NC(=O)c1n[nH]c2c1CNCC2)C(=O)OCC. The van der Waals surface area contributed by atoms with Crippen LogP contribution in [0.1, 0.15) is 35.6 Å². The summed E-state index contributed by atoms with van der Waals surface area (Å²) in [7, 11) is 0. The van der Waals surface area contributed by atoms with E-state index in [2.05, 4.69) is 20.8 Å². The van der Waals surface area contributed by atoms with Crippen LogP contribution in [-0.2, 0) is 32.0 Å². The van der Waals surface area contributed by atoms with Crippen LogP contribution in [0.3, 0.4) is 0 Å². The van der Waals surface area contributed by atoms with E-state index in [0.717, 1.165) is 24.2 Å². The Kier molecular flexibility index (Phi) is 5.69. The first-order valence-electron chi connectivity index (χ1n) is 7.49. The number of nitrogens with one attached hydrogen (secondary N) is 3. The summed E-state index contributed by atoms with van der Waals surface area (Å²) in [5.74, 6) is -2.35. The molecule has 0 aromatic carbocycles. The van der Waals surface area contributed by atoms with Gasteiger partial charge in [-0.3, -0.25) is 9.89 Å². The minimum absolute atomic E-state index is 0.0896. The van der Waals surface area contributed by atoms with Crippen molar-refractivity contribution in [1.29, 1.82) is 0 Å². The highest BCUT2D eigenvalue weighted by molar-refractivity contribution is 6.05. The molecule has 1 aromatic rings. The Labute approximate surface area is 133 Å². The highest BCUT2D eigenvalue weighted by atomic mass is 16.6. The Morgan fingerprint density at radius 2 is 1.87 bits per heavy atom. The van der Waals surface area contributed by atoms with E-state index in [4.69, 9.17) is 9.47 Å². The number of H-pyrrole nitrogens is 1. The largest absolute Gasteiger partial charge is 0.464 e. The fourth-order valence-corrected chi connectivity index (χ4v) is 2.28. The molecule has 0 saturated carbocycles. The highest BCUT2D eigenvalue weighted by Crippen LogP contribution is 2.15. The van der Waals surface area contributed by atoms with Gasteiger partial charge in [0.15, 0.2) is 5.69 Å². The first-order chi connectivity index (χ1) is 11.1. The van der Waals surface area contributed by atoms with E-state index in [0.29, 0.717) is 6.54 Å². The lowest BCUT2D eigenvalue weighted by Gasteiger charge is -2.16. The van der Waals surface area contributed by atoms with Crippen LogP contribution >= 0.6 is 0 Å². The van der Waals surface area contributed by atoms with Crippen molar-refractivity contribution in [3.63, 3.8) is 0 Å². The van der Waals surface area contributed by atoms with Gasteiger partial charge < -0.3 is 20.1 Å². The van der Waals surface area contributed by atoms with Crippen molar-refractivity contribution in [2.24, 2.45) is 0 Å². The van der Waals surface area contributed by atoms with Gasteiger partial charge in [-0.15, -0.1) is 0 Å². The van der Waals surface area contributed by atoms with E-state index in [1.54, 1.807) is 13.8 Å². The Morgan fingerprint density at radius 3 is 2.48 bits per heavy atom. The van der Waals surface area contributed by atoms with Crippen LogP contribution in [0.15, 0.2) is 0 Å².